The maximum absolute atomic E-state index is 5.56. The molecule has 2 aromatic heterocycles. The molecule has 2 rings (SSSR count). The number of hydrogen-bond acceptors (Lipinski definition) is 4. The molecule has 2 aromatic rings. The Morgan fingerprint density at radius 2 is 2.05 bits per heavy atom. The zero-order valence-electron chi connectivity index (χ0n) is 13.2. The molecular weight excluding hydrogens is 252 g/mol. The van der Waals surface area contributed by atoms with Gasteiger partial charge in [-0.3, -0.25) is 0 Å². The lowest BCUT2D eigenvalue weighted by molar-refractivity contribution is 0.347. The molecule has 0 aliphatic heterocycles. The van der Waals surface area contributed by atoms with Crippen LogP contribution in [-0.2, 0) is 12.1 Å². The van der Waals surface area contributed by atoms with Gasteiger partial charge in [0, 0.05) is 18.2 Å². The van der Waals surface area contributed by atoms with E-state index in [0.29, 0.717) is 6.54 Å². The van der Waals surface area contributed by atoms with Crippen LogP contribution in [0.2, 0.25) is 0 Å². The first-order chi connectivity index (χ1) is 9.27. The second kappa shape index (κ2) is 5.40. The van der Waals surface area contributed by atoms with Crippen LogP contribution < -0.4 is 5.32 Å². The Labute approximate surface area is 120 Å². The molecule has 5 heteroatoms. The molecule has 0 aliphatic rings. The van der Waals surface area contributed by atoms with Gasteiger partial charge >= 0.3 is 0 Å². The Kier molecular flexibility index (Phi) is 3.99. The maximum Gasteiger partial charge on any atom is 0.105 e. The molecule has 0 aromatic carbocycles. The van der Waals surface area contributed by atoms with Crippen molar-refractivity contribution in [1.82, 2.24) is 20.3 Å². The van der Waals surface area contributed by atoms with Crippen molar-refractivity contribution in [3.05, 3.63) is 35.0 Å². The molecular formula is C15H24N4O. The predicted octanol–water partition coefficient (Wildman–Crippen LogP) is 3.09. The molecule has 110 valence electrons. The number of hydrogen-bond donors (Lipinski definition) is 1. The number of furan rings is 1. The summed E-state index contributed by atoms with van der Waals surface area (Å²) in [6.07, 6.45) is 1.99. The quantitative estimate of drug-likeness (QED) is 0.932. The van der Waals surface area contributed by atoms with Gasteiger partial charge in [-0.15, -0.1) is 5.10 Å². The molecule has 0 aliphatic carbocycles. The van der Waals surface area contributed by atoms with Crippen molar-refractivity contribution in [2.24, 2.45) is 0 Å². The summed E-state index contributed by atoms with van der Waals surface area (Å²) in [5.41, 5.74) is 2.12. The van der Waals surface area contributed by atoms with Gasteiger partial charge in [-0.25, -0.2) is 4.68 Å². The molecule has 0 amide bonds. The van der Waals surface area contributed by atoms with Crippen LogP contribution in [0.5, 0.6) is 0 Å². The Morgan fingerprint density at radius 1 is 1.35 bits per heavy atom. The smallest absolute Gasteiger partial charge is 0.105 e. The molecule has 0 bridgehead atoms. The van der Waals surface area contributed by atoms with E-state index in [1.54, 1.807) is 0 Å². The van der Waals surface area contributed by atoms with Crippen LogP contribution in [0.3, 0.4) is 0 Å². The third kappa shape index (κ3) is 3.28. The number of nitrogens with zero attached hydrogens (tertiary/aromatic N) is 3. The van der Waals surface area contributed by atoms with Crippen LogP contribution in [0.1, 0.15) is 56.5 Å². The summed E-state index contributed by atoms with van der Waals surface area (Å²) >= 11 is 0. The third-order valence-electron chi connectivity index (χ3n) is 3.36. The van der Waals surface area contributed by atoms with E-state index in [0.717, 1.165) is 17.2 Å². The molecule has 0 radical (unpaired) electrons. The fraction of sp³-hybridized carbons (Fsp3) is 0.600. The second-order valence-electron chi connectivity index (χ2n) is 6.30. The van der Waals surface area contributed by atoms with Gasteiger partial charge in [-0.05, 0) is 47.6 Å². The normalized spacial score (nSPS) is 13.7. The first-order valence-electron chi connectivity index (χ1n) is 6.99. The minimum atomic E-state index is -0.0326. The molecule has 5 nitrogen and oxygen atoms in total. The van der Waals surface area contributed by atoms with Gasteiger partial charge in [0.25, 0.3) is 0 Å². The molecule has 0 spiro atoms. The Morgan fingerprint density at radius 3 is 2.55 bits per heavy atom. The van der Waals surface area contributed by atoms with Crippen molar-refractivity contribution in [2.45, 2.75) is 59.7 Å². The first-order valence-corrected chi connectivity index (χ1v) is 6.99. The summed E-state index contributed by atoms with van der Waals surface area (Å²) in [5, 5.41) is 11.8. The molecule has 20 heavy (non-hydrogen) atoms. The second-order valence-corrected chi connectivity index (χ2v) is 6.30. The summed E-state index contributed by atoms with van der Waals surface area (Å²) in [4.78, 5) is 0. The molecule has 2 heterocycles. The fourth-order valence-electron chi connectivity index (χ4n) is 2.16. The van der Waals surface area contributed by atoms with Crippen LogP contribution >= 0.6 is 0 Å². The SMILES string of the molecule is Cc1cc(C(C)NCc2cn(C(C)(C)C)nn2)c(C)o1. The van der Waals surface area contributed by atoms with Gasteiger partial charge in [0.05, 0.1) is 17.4 Å². The van der Waals surface area contributed by atoms with Crippen LogP contribution in [-0.4, -0.2) is 15.0 Å². The van der Waals surface area contributed by atoms with Crippen molar-refractivity contribution >= 4 is 0 Å². The van der Waals surface area contributed by atoms with E-state index in [1.165, 1.54) is 5.56 Å². The molecule has 0 saturated carbocycles. The van der Waals surface area contributed by atoms with E-state index < -0.39 is 0 Å². The van der Waals surface area contributed by atoms with Crippen molar-refractivity contribution in [2.75, 3.05) is 0 Å². The topological polar surface area (TPSA) is 55.9 Å². The van der Waals surface area contributed by atoms with Crippen LogP contribution in [0.25, 0.3) is 0 Å². The lowest BCUT2D eigenvalue weighted by Crippen LogP contribution is -2.22. The van der Waals surface area contributed by atoms with Crippen LogP contribution in [0.15, 0.2) is 16.7 Å². The molecule has 0 saturated heterocycles. The minimum Gasteiger partial charge on any atom is -0.466 e. The lowest BCUT2D eigenvalue weighted by atomic mass is 10.1. The van der Waals surface area contributed by atoms with Crippen molar-refractivity contribution in [3.8, 4) is 0 Å². The summed E-state index contributed by atoms with van der Waals surface area (Å²) < 4.78 is 7.46. The molecule has 0 fully saturated rings. The highest BCUT2D eigenvalue weighted by Crippen LogP contribution is 2.21. The zero-order valence-corrected chi connectivity index (χ0v) is 13.2. The van der Waals surface area contributed by atoms with E-state index in [4.69, 9.17) is 4.42 Å². The van der Waals surface area contributed by atoms with Gasteiger partial charge in [-0.1, -0.05) is 5.21 Å². The van der Waals surface area contributed by atoms with Gasteiger partial charge in [0.2, 0.25) is 0 Å². The van der Waals surface area contributed by atoms with Crippen molar-refractivity contribution < 1.29 is 4.42 Å². The molecule has 1 atom stereocenters. The highest BCUT2D eigenvalue weighted by atomic mass is 16.3. The van der Waals surface area contributed by atoms with Gasteiger partial charge in [-0.2, -0.15) is 0 Å². The largest absolute Gasteiger partial charge is 0.466 e. The zero-order chi connectivity index (χ0) is 14.9. The van der Waals surface area contributed by atoms with Gasteiger partial charge < -0.3 is 9.73 Å². The average molecular weight is 276 g/mol. The standard InChI is InChI=1S/C15H24N4O/c1-10-7-14(12(3)20-10)11(2)16-8-13-9-19(18-17-13)15(4,5)6/h7,9,11,16H,8H2,1-6H3. The summed E-state index contributed by atoms with van der Waals surface area (Å²) in [6, 6.07) is 2.31. The predicted molar refractivity (Wildman–Crippen MR) is 78.5 cm³/mol. The number of rotatable bonds is 4. The van der Waals surface area contributed by atoms with Crippen LogP contribution in [0.4, 0.5) is 0 Å². The highest BCUT2D eigenvalue weighted by Gasteiger charge is 2.16. The Bertz CT molecular complexity index is 577. The maximum atomic E-state index is 5.56. The third-order valence-corrected chi connectivity index (χ3v) is 3.36. The summed E-state index contributed by atoms with van der Waals surface area (Å²) in [7, 11) is 0. The van der Waals surface area contributed by atoms with E-state index >= 15 is 0 Å². The van der Waals surface area contributed by atoms with E-state index in [1.807, 2.05) is 24.7 Å². The minimum absolute atomic E-state index is 0.0326. The van der Waals surface area contributed by atoms with E-state index in [-0.39, 0.29) is 11.6 Å². The number of aryl methyl sites for hydroxylation is 2. The average Bonchev–Trinajstić information content (AvgIpc) is 2.92. The fourth-order valence-corrected chi connectivity index (χ4v) is 2.16. The Balaban J connectivity index is 1.98. The van der Waals surface area contributed by atoms with Gasteiger partial charge in [0.15, 0.2) is 0 Å². The Hall–Kier alpha value is -1.62. The molecule has 1 N–H and O–H groups in total. The monoisotopic (exact) mass is 276 g/mol. The lowest BCUT2D eigenvalue weighted by Gasteiger charge is -2.17. The first kappa shape index (κ1) is 14.8. The van der Waals surface area contributed by atoms with E-state index in [2.05, 4.69) is 49.4 Å². The van der Waals surface area contributed by atoms with Gasteiger partial charge in [0.1, 0.15) is 11.5 Å². The summed E-state index contributed by atoms with van der Waals surface area (Å²) in [5.74, 6) is 1.92. The van der Waals surface area contributed by atoms with Crippen molar-refractivity contribution in [1.29, 1.82) is 0 Å². The molecule has 1 unspecified atom stereocenters. The van der Waals surface area contributed by atoms with Crippen molar-refractivity contribution in [3.63, 3.8) is 0 Å². The van der Waals surface area contributed by atoms with E-state index in [9.17, 15) is 0 Å². The highest BCUT2D eigenvalue weighted by molar-refractivity contribution is 5.23. The summed E-state index contributed by atoms with van der Waals surface area (Å²) in [6.45, 7) is 13.1. The number of nitrogens with one attached hydrogen (secondary N) is 1. The van der Waals surface area contributed by atoms with Crippen LogP contribution in [0, 0.1) is 13.8 Å². The number of aromatic nitrogens is 3.